The molecule has 52 heavy (non-hydrogen) atoms. The number of H-pyrrole nitrogens is 2. The van der Waals surface area contributed by atoms with Crippen molar-refractivity contribution in [2.24, 2.45) is 0 Å². The van der Waals surface area contributed by atoms with Gasteiger partial charge in [-0.25, -0.2) is 0 Å². The molecule has 10 aromatic rings. The number of nitrogens with one attached hydrogen (secondary N) is 2. The van der Waals surface area contributed by atoms with E-state index >= 15 is 0 Å². The molecule has 10 rings (SSSR count). The fraction of sp³-hybridized carbons (Fsp3) is 0. The lowest BCUT2D eigenvalue weighted by Gasteiger charge is -2.09. The molecule has 0 bridgehead atoms. The molecule has 4 aromatic heterocycles. The van der Waals surface area contributed by atoms with Crippen LogP contribution in [0.25, 0.3) is 99.1 Å². The molecule has 6 aromatic carbocycles. The van der Waals surface area contributed by atoms with E-state index in [0.29, 0.717) is 5.39 Å². The zero-order valence-corrected chi connectivity index (χ0v) is 28.2. The quantitative estimate of drug-likeness (QED) is 0.170. The molecule has 0 radical (unpaired) electrons. The first-order valence-electron chi connectivity index (χ1n) is 17.4. The Kier molecular flexibility index (Phi) is 6.57. The predicted octanol–water partition coefficient (Wildman–Crippen LogP) is 11.8. The number of rotatable bonds is 6. The van der Waals surface area contributed by atoms with Gasteiger partial charge in [0, 0.05) is 55.6 Å². The van der Waals surface area contributed by atoms with Crippen LogP contribution in [-0.2, 0) is 0 Å². The molecule has 5 nitrogen and oxygen atoms in total. The third kappa shape index (κ3) is 4.26. The highest BCUT2D eigenvalue weighted by Crippen LogP contribution is 2.41. The van der Waals surface area contributed by atoms with E-state index in [1.165, 1.54) is 5.39 Å². The molecule has 0 aliphatic rings. The summed E-state index contributed by atoms with van der Waals surface area (Å²) in [5, 5.41) is 6.16. The topological polar surface area (TPSA) is 58.5 Å². The van der Waals surface area contributed by atoms with Gasteiger partial charge in [0.15, 0.2) is 0 Å². The predicted molar refractivity (Wildman–Crippen MR) is 219 cm³/mol. The Morgan fingerprint density at radius 2 is 1.23 bits per heavy atom. The minimum atomic E-state index is -0.123. The maximum atomic E-state index is 13.8. The normalized spacial score (nSPS) is 12.2. The van der Waals surface area contributed by atoms with Gasteiger partial charge in [-0.3, -0.25) is 4.79 Å². The number of benzene rings is 6. The summed E-state index contributed by atoms with van der Waals surface area (Å²) < 4.78 is 4.54. The van der Waals surface area contributed by atoms with Crippen LogP contribution in [-0.4, -0.2) is 19.1 Å². The highest BCUT2D eigenvalue weighted by atomic mass is 16.1. The first-order valence-corrected chi connectivity index (χ1v) is 17.4. The molecular formula is C47H32N4O. The molecule has 246 valence electrons. The van der Waals surface area contributed by atoms with E-state index in [1.54, 1.807) is 6.08 Å². The van der Waals surface area contributed by atoms with E-state index in [1.807, 2.05) is 24.4 Å². The van der Waals surface area contributed by atoms with E-state index in [0.717, 1.165) is 88.3 Å². The second-order valence-corrected chi connectivity index (χ2v) is 13.2. The first-order chi connectivity index (χ1) is 25.6. The Labute approximate surface area is 298 Å². The van der Waals surface area contributed by atoms with Gasteiger partial charge in [0.1, 0.15) is 0 Å². The van der Waals surface area contributed by atoms with Gasteiger partial charge >= 0.3 is 0 Å². The molecule has 5 heteroatoms. The summed E-state index contributed by atoms with van der Waals surface area (Å²) in [5.41, 5.74) is 12.1. The maximum Gasteiger partial charge on any atom is 0.258 e. The van der Waals surface area contributed by atoms with Crippen molar-refractivity contribution in [3.8, 4) is 27.9 Å². The van der Waals surface area contributed by atoms with Crippen LogP contribution in [0.3, 0.4) is 0 Å². The van der Waals surface area contributed by atoms with Crippen molar-refractivity contribution in [1.29, 1.82) is 0 Å². The van der Waals surface area contributed by atoms with Crippen LogP contribution in [0.4, 0.5) is 0 Å². The summed E-state index contributed by atoms with van der Waals surface area (Å²) >= 11 is 0. The number of hydrogen-bond donors (Lipinski definition) is 2. The first kappa shape index (κ1) is 29.8. The van der Waals surface area contributed by atoms with Crippen molar-refractivity contribution in [3.63, 3.8) is 0 Å². The van der Waals surface area contributed by atoms with Gasteiger partial charge < -0.3 is 19.1 Å². The highest BCUT2D eigenvalue weighted by molar-refractivity contribution is 6.19. The van der Waals surface area contributed by atoms with Crippen LogP contribution in [0, 0.1) is 0 Å². The Morgan fingerprint density at radius 3 is 2.00 bits per heavy atom. The smallest absolute Gasteiger partial charge is 0.258 e. The largest absolute Gasteiger partial charge is 0.354 e. The van der Waals surface area contributed by atoms with Gasteiger partial charge in [0.05, 0.1) is 33.0 Å². The Bertz CT molecular complexity index is 3180. The molecule has 0 amide bonds. The molecule has 4 heterocycles. The van der Waals surface area contributed by atoms with Gasteiger partial charge in [-0.05, 0) is 83.4 Å². The van der Waals surface area contributed by atoms with Gasteiger partial charge in [-0.2, -0.15) is 0 Å². The van der Waals surface area contributed by atoms with Crippen LogP contribution in [0.15, 0.2) is 176 Å². The van der Waals surface area contributed by atoms with Crippen LogP contribution in [0.1, 0.15) is 0 Å². The number of fused-ring (bicyclic) bond motifs is 9. The lowest BCUT2D eigenvalue weighted by atomic mass is 9.97. The summed E-state index contributed by atoms with van der Waals surface area (Å²) in [5.74, 6) is 0. The summed E-state index contributed by atoms with van der Waals surface area (Å²) in [4.78, 5) is 20.6. The van der Waals surface area contributed by atoms with Crippen LogP contribution in [0.2, 0.25) is 0 Å². The van der Waals surface area contributed by atoms with E-state index < -0.39 is 0 Å². The fourth-order valence-electron chi connectivity index (χ4n) is 8.20. The summed E-state index contributed by atoms with van der Waals surface area (Å²) in [7, 11) is 0. The SMILES string of the molecule is C=C/C=C(\C=C)n1c2ccccc2c2cc(-c3cccc4[nH]c5c(-c6ccc7c(c6)c6ccccc6n7-c6ccccc6)c[nH]c(=O)c5c34)ccc21. The van der Waals surface area contributed by atoms with E-state index in [9.17, 15) is 4.79 Å². The maximum absolute atomic E-state index is 13.8. The summed E-state index contributed by atoms with van der Waals surface area (Å²) in [6.07, 6.45) is 7.46. The Balaban J connectivity index is 1.19. The summed E-state index contributed by atoms with van der Waals surface area (Å²) in [6, 6.07) is 46.8. The van der Waals surface area contributed by atoms with Crippen molar-refractivity contribution in [2.45, 2.75) is 0 Å². The number of hydrogen-bond acceptors (Lipinski definition) is 1. The van der Waals surface area contributed by atoms with E-state index in [-0.39, 0.29) is 5.56 Å². The monoisotopic (exact) mass is 668 g/mol. The number of allylic oxidation sites excluding steroid dienone is 4. The van der Waals surface area contributed by atoms with Gasteiger partial charge in [0.2, 0.25) is 0 Å². The second-order valence-electron chi connectivity index (χ2n) is 13.2. The number of aromatic amines is 2. The summed E-state index contributed by atoms with van der Waals surface area (Å²) in [6.45, 7) is 8.00. The zero-order chi connectivity index (χ0) is 34.9. The molecule has 0 fully saturated rings. The molecular weight excluding hydrogens is 637 g/mol. The second kappa shape index (κ2) is 11.5. The zero-order valence-electron chi connectivity index (χ0n) is 28.2. The minimum Gasteiger partial charge on any atom is -0.354 e. The Hall–Kier alpha value is -7.11. The average molecular weight is 669 g/mol. The fourth-order valence-corrected chi connectivity index (χ4v) is 8.20. The van der Waals surface area contributed by atoms with Crippen molar-refractivity contribution >= 4 is 71.1 Å². The number of pyridine rings is 1. The van der Waals surface area contributed by atoms with Crippen molar-refractivity contribution in [2.75, 3.05) is 0 Å². The average Bonchev–Trinajstić information content (AvgIpc) is 3.86. The van der Waals surface area contributed by atoms with E-state index in [4.69, 9.17) is 0 Å². The van der Waals surface area contributed by atoms with Crippen LogP contribution in [0.5, 0.6) is 0 Å². The van der Waals surface area contributed by atoms with Crippen molar-refractivity contribution < 1.29 is 0 Å². The van der Waals surface area contributed by atoms with Gasteiger partial charge in [-0.15, -0.1) is 0 Å². The third-order valence-corrected chi connectivity index (χ3v) is 10.4. The molecule has 0 unspecified atom stereocenters. The highest BCUT2D eigenvalue weighted by Gasteiger charge is 2.20. The lowest BCUT2D eigenvalue weighted by molar-refractivity contribution is 1.18. The molecule has 0 saturated carbocycles. The lowest BCUT2D eigenvalue weighted by Crippen LogP contribution is -2.05. The number of para-hydroxylation sites is 3. The van der Waals surface area contributed by atoms with Gasteiger partial charge in [-0.1, -0.05) is 98.1 Å². The van der Waals surface area contributed by atoms with Gasteiger partial charge in [0.25, 0.3) is 5.56 Å². The standard InChI is InChI=1S/C47H32N4O/c1-3-13-31(4-2)50-40-20-10-8-16-34(40)36-26-29(22-24-42(36)50)33-18-12-19-39-44(33)45-46(49-39)38(28-48-47(45)52)30-23-25-43-37(27-30)35-17-9-11-21-41(35)51(43)32-14-6-5-7-15-32/h3-28,49H,1-2H2,(H,48,52)/b31-13+. The minimum absolute atomic E-state index is 0.123. The number of nitrogens with zero attached hydrogens (tertiary/aromatic N) is 2. The van der Waals surface area contributed by atoms with E-state index in [2.05, 4.69) is 160 Å². The molecule has 0 spiro atoms. The number of aromatic nitrogens is 4. The van der Waals surface area contributed by atoms with Crippen molar-refractivity contribution in [1.82, 2.24) is 19.1 Å². The third-order valence-electron chi connectivity index (χ3n) is 10.4. The molecule has 0 aliphatic carbocycles. The van der Waals surface area contributed by atoms with Crippen molar-refractivity contribution in [3.05, 3.63) is 181 Å². The van der Waals surface area contributed by atoms with Crippen LogP contribution < -0.4 is 5.56 Å². The van der Waals surface area contributed by atoms with Crippen LogP contribution >= 0.6 is 0 Å². The molecule has 0 aliphatic heterocycles. The molecule has 2 N–H and O–H groups in total. The molecule has 0 atom stereocenters. The molecule has 0 saturated heterocycles. The Morgan fingerprint density at radius 1 is 0.596 bits per heavy atom.